The van der Waals surface area contributed by atoms with Crippen molar-refractivity contribution in [3.8, 4) is 0 Å². The largest absolute Gasteiger partial charge is 0.370 e. The van der Waals surface area contributed by atoms with Crippen molar-refractivity contribution >= 4 is 23.2 Å². The van der Waals surface area contributed by atoms with Crippen molar-refractivity contribution in [3.05, 3.63) is 94.8 Å². The normalized spacial score (nSPS) is 17.2. The zero-order valence-electron chi connectivity index (χ0n) is 16.4. The molecule has 2 unspecified atom stereocenters. The summed E-state index contributed by atoms with van der Waals surface area (Å²) in [5.41, 5.74) is 4.05. The van der Waals surface area contributed by atoms with Gasteiger partial charge in [0.15, 0.2) is 0 Å². The average molecular weight is 406 g/mol. The van der Waals surface area contributed by atoms with Gasteiger partial charge in [0.25, 0.3) is 0 Å². The Kier molecular flexibility index (Phi) is 5.81. The maximum Gasteiger partial charge on any atom is 0.225 e. The van der Waals surface area contributed by atoms with Gasteiger partial charge in [0, 0.05) is 19.3 Å². The monoisotopic (exact) mass is 405 g/mol. The van der Waals surface area contributed by atoms with Crippen molar-refractivity contribution in [1.82, 2.24) is 10.3 Å². The second-order valence-corrected chi connectivity index (χ2v) is 7.90. The summed E-state index contributed by atoms with van der Waals surface area (Å²) in [4.78, 5) is 19.8. The van der Waals surface area contributed by atoms with Crippen LogP contribution in [0.5, 0.6) is 0 Å². The Morgan fingerprint density at radius 2 is 1.86 bits per heavy atom. The maximum absolute atomic E-state index is 13.1. The lowest BCUT2D eigenvalue weighted by molar-refractivity contribution is -0.124. The third-order valence-electron chi connectivity index (χ3n) is 5.43. The summed E-state index contributed by atoms with van der Waals surface area (Å²) in [5.74, 6) is -0.0290. The number of nitrogens with one attached hydrogen (secondary N) is 1. The van der Waals surface area contributed by atoms with Crippen LogP contribution in [0.2, 0.25) is 5.02 Å². The molecule has 2 atom stereocenters. The topological polar surface area (TPSA) is 45.2 Å². The van der Waals surface area contributed by atoms with Crippen LogP contribution in [0.3, 0.4) is 0 Å². The van der Waals surface area contributed by atoms with Gasteiger partial charge in [-0.15, -0.1) is 0 Å². The molecule has 1 aliphatic rings. The molecule has 1 aromatic heterocycles. The molecule has 29 heavy (non-hydrogen) atoms. The van der Waals surface area contributed by atoms with Crippen LogP contribution >= 0.6 is 11.6 Å². The number of carbonyl (C=O) groups is 1. The van der Waals surface area contributed by atoms with Crippen LogP contribution in [-0.2, 0) is 4.79 Å². The fraction of sp³-hybridized carbons (Fsp3) is 0.250. The minimum atomic E-state index is -0.265. The Balaban J connectivity index is 1.51. The second kappa shape index (κ2) is 8.66. The summed E-state index contributed by atoms with van der Waals surface area (Å²) in [6, 6.07) is 21.5. The summed E-state index contributed by atoms with van der Waals surface area (Å²) in [7, 11) is 0. The summed E-state index contributed by atoms with van der Waals surface area (Å²) in [6.07, 6.45) is 2.57. The standard InChI is InChI=1S/C24H24ClN3O/c1-17-9-11-18(12-10-17)23(21-7-4-5-14-26-21)27-24(29)19-13-15-28(16-19)22-8-3-2-6-20(22)25/h2-12,14,19,23H,13,15-16H2,1H3,(H,27,29). The molecule has 148 valence electrons. The van der Waals surface area contributed by atoms with Gasteiger partial charge in [0.05, 0.1) is 28.4 Å². The molecule has 0 saturated carbocycles. The second-order valence-electron chi connectivity index (χ2n) is 7.49. The Labute approximate surface area is 176 Å². The Morgan fingerprint density at radius 3 is 2.59 bits per heavy atom. The van der Waals surface area contributed by atoms with Gasteiger partial charge in [-0.25, -0.2) is 0 Å². The van der Waals surface area contributed by atoms with Crippen LogP contribution in [0.1, 0.15) is 29.3 Å². The first-order valence-corrected chi connectivity index (χ1v) is 10.3. The van der Waals surface area contributed by atoms with Gasteiger partial charge in [0.2, 0.25) is 5.91 Å². The molecule has 2 aromatic carbocycles. The highest BCUT2D eigenvalue weighted by Gasteiger charge is 2.31. The van der Waals surface area contributed by atoms with Gasteiger partial charge in [-0.2, -0.15) is 0 Å². The van der Waals surface area contributed by atoms with Crippen molar-refractivity contribution in [2.75, 3.05) is 18.0 Å². The molecular formula is C24H24ClN3O. The number of rotatable bonds is 5. The molecule has 0 aliphatic carbocycles. The minimum absolute atomic E-state index is 0.0516. The maximum atomic E-state index is 13.1. The van der Waals surface area contributed by atoms with E-state index in [9.17, 15) is 4.79 Å². The van der Waals surface area contributed by atoms with Crippen LogP contribution in [0.15, 0.2) is 72.9 Å². The Morgan fingerprint density at radius 1 is 1.10 bits per heavy atom. The molecule has 4 nitrogen and oxygen atoms in total. The minimum Gasteiger partial charge on any atom is -0.370 e. The van der Waals surface area contributed by atoms with Gasteiger partial charge in [0.1, 0.15) is 0 Å². The van der Waals surface area contributed by atoms with E-state index in [0.29, 0.717) is 6.54 Å². The first-order valence-electron chi connectivity index (χ1n) is 9.89. The summed E-state index contributed by atoms with van der Waals surface area (Å²) in [5, 5.41) is 3.96. The molecule has 0 radical (unpaired) electrons. The number of amides is 1. The van der Waals surface area contributed by atoms with Gasteiger partial charge in [-0.3, -0.25) is 9.78 Å². The molecule has 4 rings (SSSR count). The van der Waals surface area contributed by atoms with E-state index < -0.39 is 0 Å². The van der Waals surface area contributed by atoms with E-state index in [1.54, 1.807) is 6.20 Å². The van der Waals surface area contributed by atoms with Gasteiger partial charge >= 0.3 is 0 Å². The predicted molar refractivity (Wildman–Crippen MR) is 117 cm³/mol. The molecule has 0 spiro atoms. The molecule has 5 heteroatoms. The molecule has 3 aromatic rings. The van der Waals surface area contributed by atoms with E-state index in [-0.39, 0.29) is 17.9 Å². The van der Waals surface area contributed by atoms with Crippen molar-refractivity contribution in [1.29, 1.82) is 0 Å². The first-order chi connectivity index (χ1) is 14.1. The molecule has 2 heterocycles. The van der Waals surface area contributed by atoms with E-state index >= 15 is 0 Å². The zero-order valence-corrected chi connectivity index (χ0v) is 17.1. The number of aromatic nitrogens is 1. The number of aryl methyl sites for hydroxylation is 1. The smallest absolute Gasteiger partial charge is 0.225 e. The molecule has 0 bridgehead atoms. The third-order valence-corrected chi connectivity index (χ3v) is 5.75. The Hall–Kier alpha value is -2.85. The van der Waals surface area contributed by atoms with Gasteiger partial charge < -0.3 is 10.2 Å². The van der Waals surface area contributed by atoms with Gasteiger partial charge in [-0.1, -0.05) is 59.6 Å². The van der Waals surface area contributed by atoms with E-state index in [4.69, 9.17) is 11.6 Å². The van der Waals surface area contributed by atoms with Crippen LogP contribution in [0, 0.1) is 12.8 Å². The van der Waals surface area contributed by atoms with Crippen LogP contribution in [-0.4, -0.2) is 24.0 Å². The number of hydrogen-bond donors (Lipinski definition) is 1. The molecular weight excluding hydrogens is 382 g/mol. The lowest BCUT2D eigenvalue weighted by atomic mass is 10.00. The number of anilines is 1. The fourth-order valence-electron chi connectivity index (χ4n) is 3.80. The molecule has 1 N–H and O–H groups in total. The quantitative estimate of drug-likeness (QED) is 0.664. The van der Waals surface area contributed by atoms with Crippen LogP contribution in [0.4, 0.5) is 5.69 Å². The number of carbonyl (C=O) groups excluding carboxylic acids is 1. The molecule has 1 fully saturated rings. The van der Waals surface area contributed by atoms with E-state index in [2.05, 4.69) is 46.4 Å². The number of benzene rings is 2. The van der Waals surface area contributed by atoms with E-state index in [0.717, 1.165) is 34.9 Å². The lowest BCUT2D eigenvalue weighted by Gasteiger charge is -2.22. The summed E-state index contributed by atoms with van der Waals surface area (Å²) >= 11 is 6.34. The highest BCUT2D eigenvalue weighted by molar-refractivity contribution is 6.33. The predicted octanol–water partition coefficient (Wildman–Crippen LogP) is 4.78. The van der Waals surface area contributed by atoms with Crippen molar-refractivity contribution in [2.24, 2.45) is 5.92 Å². The number of pyridine rings is 1. The van der Waals surface area contributed by atoms with Crippen LogP contribution in [0.25, 0.3) is 0 Å². The number of hydrogen-bond acceptors (Lipinski definition) is 3. The van der Waals surface area contributed by atoms with Crippen molar-refractivity contribution in [2.45, 2.75) is 19.4 Å². The molecule has 1 amide bonds. The van der Waals surface area contributed by atoms with Crippen molar-refractivity contribution < 1.29 is 4.79 Å². The Bertz CT molecular complexity index is 975. The fourth-order valence-corrected chi connectivity index (χ4v) is 4.05. The van der Waals surface area contributed by atoms with E-state index in [1.807, 2.05) is 42.5 Å². The summed E-state index contributed by atoms with van der Waals surface area (Å²) < 4.78 is 0. The van der Waals surface area contributed by atoms with Gasteiger partial charge in [-0.05, 0) is 43.2 Å². The number of para-hydroxylation sites is 1. The SMILES string of the molecule is Cc1ccc(C(NC(=O)C2CCN(c3ccccc3Cl)C2)c2ccccn2)cc1. The first kappa shape index (κ1) is 19.5. The third kappa shape index (κ3) is 4.43. The summed E-state index contributed by atoms with van der Waals surface area (Å²) in [6.45, 7) is 3.54. The zero-order chi connectivity index (χ0) is 20.2. The molecule has 1 aliphatic heterocycles. The number of nitrogens with zero attached hydrogens (tertiary/aromatic N) is 2. The molecule has 1 saturated heterocycles. The average Bonchev–Trinajstić information content (AvgIpc) is 3.24. The van der Waals surface area contributed by atoms with Crippen molar-refractivity contribution in [3.63, 3.8) is 0 Å². The highest BCUT2D eigenvalue weighted by Crippen LogP contribution is 2.31. The van der Waals surface area contributed by atoms with Crippen LogP contribution < -0.4 is 10.2 Å². The van der Waals surface area contributed by atoms with E-state index in [1.165, 1.54) is 5.56 Å². The lowest BCUT2D eigenvalue weighted by Crippen LogP contribution is -2.36. The highest BCUT2D eigenvalue weighted by atomic mass is 35.5. The number of halogens is 1.